The van der Waals surface area contributed by atoms with E-state index < -0.39 is 0 Å². The number of benzene rings is 1. The van der Waals surface area contributed by atoms with Crippen LogP contribution in [0.25, 0.3) is 0 Å². The van der Waals surface area contributed by atoms with E-state index in [0.717, 1.165) is 31.9 Å². The van der Waals surface area contributed by atoms with E-state index in [1.165, 1.54) is 0 Å². The molecule has 22 heavy (non-hydrogen) atoms. The van der Waals surface area contributed by atoms with Crippen molar-refractivity contribution in [3.63, 3.8) is 0 Å². The van der Waals surface area contributed by atoms with Crippen LogP contribution in [-0.2, 0) is 4.79 Å². The summed E-state index contributed by atoms with van der Waals surface area (Å²) in [6.07, 6.45) is 0. The molecule has 0 unspecified atom stereocenters. The minimum Gasteiger partial charge on any atom is -0.483 e. The van der Waals surface area contributed by atoms with Gasteiger partial charge in [-0.2, -0.15) is 5.10 Å². The largest absolute Gasteiger partial charge is 0.483 e. The van der Waals surface area contributed by atoms with Crippen molar-refractivity contribution in [2.24, 2.45) is 5.10 Å². The van der Waals surface area contributed by atoms with Crippen molar-refractivity contribution in [1.82, 2.24) is 5.43 Å². The molecule has 0 spiro atoms. The van der Waals surface area contributed by atoms with Gasteiger partial charge in [0, 0.05) is 9.35 Å². The molecule has 0 atom stereocenters. The van der Waals surface area contributed by atoms with Crippen LogP contribution in [0.5, 0.6) is 5.75 Å². The van der Waals surface area contributed by atoms with Gasteiger partial charge in [0.05, 0.1) is 5.71 Å². The minimum absolute atomic E-state index is 0.0649. The first kappa shape index (κ1) is 16.7. The van der Waals surface area contributed by atoms with E-state index in [9.17, 15) is 4.79 Å². The number of carbonyl (C=O) groups excluding carboxylic acids is 1. The third kappa shape index (κ3) is 4.42. The van der Waals surface area contributed by atoms with Gasteiger partial charge in [0.25, 0.3) is 5.91 Å². The SMILES string of the molecule is C/C(=N/NC(=O)COc1c(C)cc(Br)cc1C)c1cccs1. The summed E-state index contributed by atoms with van der Waals surface area (Å²) in [6, 6.07) is 7.82. The molecule has 0 bridgehead atoms. The Kier molecular flexibility index (Phi) is 5.74. The standard InChI is InChI=1S/C16H17BrN2O2S/c1-10-7-13(17)8-11(2)16(10)21-9-15(20)19-18-12(3)14-5-4-6-22-14/h4-8H,9H2,1-3H3,(H,19,20)/b18-12-. The van der Waals surface area contributed by atoms with Crippen molar-refractivity contribution in [1.29, 1.82) is 0 Å². The van der Waals surface area contributed by atoms with E-state index in [1.807, 2.05) is 50.4 Å². The van der Waals surface area contributed by atoms with Gasteiger partial charge in [0.15, 0.2) is 6.61 Å². The third-order valence-electron chi connectivity index (χ3n) is 3.00. The monoisotopic (exact) mass is 380 g/mol. The Hall–Kier alpha value is -1.66. The maximum absolute atomic E-state index is 11.8. The first-order valence-electron chi connectivity index (χ1n) is 6.74. The van der Waals surface area contributed by atoms with E-state index in [1.54, 1.807) is 11.3 Å². The molecule has 0 aliphatic heterocycles. The molecular weight excluding hydrogens is 364 g/mol. The van der Waals surface area contributed by atoms with Crippen LogP contribution in [-0.4, -0.2) is 18.2 Å². The molecule has 116 valence electrons. The second-order valence-corrected chi connectivity index (χ2v) is 6.73. The Morgan fingerprint density at radius 1 is 1.36 bits per heavy atom. The number of nitrogens with zero attached hydrogens (tertiary/aromatic N) is 1. The predicted octanol–water partition coefficient (Wildman–Crippen LogP) is 4.05. The van der Waals surface area contributed by atoms with Crippen LogP contribution in [0.4, 0.5) is 0 Å². The van der Waals surface area contributed by atoms with E-state index in [-0.39, 0.29) is 12.5 Å². The lowest BCUT2D eigenvalue weighted by atomic mass is 10.1. The average Bonchev–Trinajstić information content (AvgIpc) is 2.97. The van der Waals surface area contributed by atoms with Crippen molar-refractivity contribution in [3.05, 3.63) is 50.1 Å². The highest BCUT2D eigenvalue weighted by Crippen LogP contribution is 2.27. The maximum atomic E-state index is 11.8. The Balaban J connectivity index is 1.92. The molecule has 0 aliphatic carbocycles. The van der Waals surface area contributed by atoms with Crippen LogP contribution >= 0.6 is 27.3 Å². The quantitative estimate of drug-likeness (QED) is 0.628. The fourth-order valence-electron chi connectivity index (χ4n) is 1.98. The Labute approximate surface area is 142 Å². The highest BCUT2D eigenvalue weighted by molar-refractivity contribution is 9.10. The molecule has 1 aromatic carbocycles. The number of hydrazone groups is 1. The lowest BCUT2D eigenvalue weighted by Crippen LogP contribution is -2.25. The summed E-state index contributed by atoms with van der Waals surface area (Å²) in [5.41, 5.74) is 5.26. The number of rotatable bonds is 5. The Morgan fingerprint density at radius 3 is 2.64 bits per heavy atom. The van der Waals surface area contributed by atoms with Gasteiger partial charge in [-0.25, -0.2) is 5.43 Å². The number of carbonyl (C=O) groups is 1. The molecule has 1 N–H and O–H groups in total. The molecule has 4 nitrogen and oxygen atoms in total. The number of halogens is 1. The molecule has 0 fully saturated rings. The van der Waals surface area contributed by atoms with Gasteiger partial charge in [0.2, 0.25) is 0 Å². The summed E-state index contributed by atoms with van der Waals surface area (Å²) in [5.74, 6) is 0.454. The van der Waals surface area contributed by atoms with Gasteiger partial charge in [-0.15, -0.1) is 11.3 Å². The third-order valence-corrected chi connectivity index (χ3v) is 4.44. The van der Waals surface area contributed by atoms with E-state index >= 15 is 0 Å². The van der Waals surface area contributed by atoms with Crippen LogP contribution in [0.2, 0.25) is 0 Å². The van der Waals surface area contributed by atoms with Crippen molar-refractivity contribution in [2.45, 2.75) is 20.8 Å². The van der Waals surface area contributed by atoms with Crippen LogP contribution in [0.3, 0.4) is 0 Å². The van der Waals surface area contributed by atoms with Crippen molar-refractivity contribution < 1.29 is 9.53 Å². The normalized spacial score (nSPS) is 11.4. The molecule has 0 saturated carbocycles. The number of ether oxygens (including phenoxy) is 1. The zero-order chi connectivity index (χ0) is 16.1. The van der Waals surface area contributed by atoms with Crippen LogP contribution in [0, 0.1) is 13.8 Å². The van der Waals surface area contributed by atoms with Gasteiger partial charge >= 0.3 is 0 Å². The molecule has 1 heterocycles. The van der Waals surface area contributed by atoms with Gasteiger partial charge in [0.1, 0.15) is 5.75 Å². The van der Waals surface area contributed by atoms with Gasteiger partial charge in [-0.05, 0) is 55.5 Å². The van der Waals surface area contributed by atoms with Gasteiger partial charge < -0.3 is 4.74 Å². The average molecular weight is 381 g/mol. The molecule has 6 heteroatoms. The van der Waals surface area contributed by atoms with Crippen LogP contribution in [0.1, 0.15) is 22.9 Å². The topological polar surface area (TPSA) is 50.7 Å². The molecule has 1 amide bonds. The number of thiophene rings is 1. The number of hydrogen-bond donors (Lipinski definition) is 1. The highest BCUT2D eigenvalue weighted by Gasteiger charge is 2.08. The minimum atomic E-state index is -0.280. The fraction of sp³-hybridized carbons (Fsp3) is 0.250. The number of amides is 1. The fourth-order valence-corrected chi connectivity index (χ4v) is 3.34. The first-order valence-corrected chi connectivity index (χ1v) is 8.41. The maximum Gasteiger partial charge on any atom is 0.277 e. The second kappa shape index (κ2) is 7.56. The van der Waals surface area contributed by atoms with Crippen LogP contribution < -0.4 is 10.2 Å². The summed E-state index contributed by atoms with van der Waals surface area (Å²) in [6.45, 7) is 5.69. The number of aryl methyl sites for hydroxylation is 2. The smallest absolute Gasteiger partial charge is 0.277 e. The lowest BCUT2D eigenvalue weighted by molar-refractivity contribution is -0.123. The summed E-state index contributed by atoms with van der Waals surface area (Å²) in [5, 5.41) is 6.05. The van der Waals surface area contributed by atoms with Gasteiger partial charge in [-0.1, -0.05) is 22.0 Å². The van der Waals surface area contributed by atoms with Crippen molar-refractivity contribution >= 4 is 38.9 Å². The van der Waals surface area contributed by atoms with E-state index in [2.05, 4.69) is 26.5 Å². The molecule has 0 radical (unpaired) electrons. The first-order chi connectivity index (χ1) is 10.5. The van der Waals surface area contributed by atoms with E-state index in [0.29, 0.717) is 0 Å². The Bertz CT molecular complexity index is 673. The predicted molar refractivity (Wildman–Crippen MR) is 93.8 cm³/mol. The van der Waals surface area contributed by atoms with E-state index in [4.69, 9.17) is 4.74 Å². The molecule has 2 aromatic rings. The summed E-state index contributed by atoms with van der Waals surface area (Å²) in [4.78, 5) is 12.9. The molecular formula is C16H17BrN2O2S. The highest BCUT2D eigenvalue weighted by atomic mass is 79.9. The number of nitrogens with one attached hydrogen (secondary N) is 1. The molecule has 0 aliphatic rings. The second-order valence-electron chi connectivity index (χ2n) is 4.87. The number of hydrogen-bond acceptors (Lipinski definition) is 4. The van der Waals surface area contributed by atoms with Crippen LogP contribution in [0.15, 0.2) is 39.2 Å². The molecule has 1 aromatic heterocycles. The molecule has 0 saturated heterocycles. The summed E-state index contributed by atoms with van der Waals surface area (Å²) < 4.78 is 6.60. The van der Waals surface area contributed by atoms with Crippen molar-refractivity contribution in [2.75, 3.05) is 6.61 Å². The van der Waals surface area contributed by atoms with Gasteiger partial charge in [-0.3, -0.25) is 4.79 Å². The Morgan fingerprint density at radius 2 is 2.05 bits per heavy atom. The summed E-state index contributed by atoms with van der Waals surface area (Å²) >= 11 is 5.02. The lowest BCUT2D eigenvalue weighted by Gasteiger charge is -2.12. The molecule has 2 rings (SSSR count). The van der Waals surface area contributed by atoms with Crippen molar-refractivity contribution in [3.8, 4) is 5.75 Å². The zero-order valence-corrected chi connectivity index (χ0v) is 15.0. The summed E-state index contributed by atoms with van der Waals surface area (Å²) in [7, 11) is 0. The zero-order valence-electron chi connectivity index (χ0n) is 12.6.